The monoisotopic (exact) mass is 211 g/mol. The molecule has 66 valence electrons. The largest absolute Gasteiger partial charge is 0.682 e. The maximum atomic E-state index is 11.2. The molecule has 3 nitrogen and oxygen atoms in total. The average molecular weight is 211 g/mol. The summed E-state index contributed by atoms with van der Waals surface area (Å²) in [6.07, 6.45) is 0. The summed E-state index contributed by atoms with van der Waals surface area (Å²) < 4.78 is 1.58. The fourth-order valence-corrected chi connectivity index (χ4v) is 1.28. The maximum absolute atomic E-state index is 11.2. The molecule has 0 radical (unpaired) electrons. The molecule has 0 spiro atoms. The molecule has 0 aromatic heterocycles. The fourth-order valence-electron chi connectivity index (χ4n) is 0.415. The highest BCUT2D eigenvalue weighted by Crippen LogP contribution is 2.45. The molecule has 0 aliphatic heterocycles. The van der Waals surface area contributed by atoms with Gasteiger partial charge in [0.2, 0.25) is 0 Å². The Bertz CT molecular complexity index is 148. The van der Waals surface area contributed by atoms with Crippen LogP contribution in [-0.2, 0) is 12.2 Å². The van der Waals surface area contributed by atoms with Crippen molar-refractivity contribution >= 4 is 36.3 Å². The summed E-state index contributed by atoms with van der Waals surface area (Å²) in [7, 11) is 3.44. The Kier molecular flexibility index (Phi) is 4.82. The molecule has 0 amide bonds. The van der Waals surface area contributed by atoms with Gasteiger partial charge in [0.25, 0.3) is 0 Å². The lowest BCUT2D eigenvalue weighted by Crippen LogP contribution is -2.34. The summed E-state index contributed by atoms with van der Waals surface area (Å²) in [5.41, 5.74) is 0. The average Bonchev–Trinajstić information content (AvgIpc) is 1.85. The molecule has 0 saturated carbocycles. The van der Waals surface area contributed by atoms with Crippen molar-refractivity contribution in [1.29, 1.82) is 0 Å². The molecular formula is C5H12N2OPS2-. The van der Waals surface area contributed by atoms with E-state index in [4.69, 9.17) is 24.5 Å². The second-order valence-electron chi connectivity index (χ2n) is 2.29. The van der Waals surface area contributed by atoms with Crippen LogP contribution in [0.15, 0.2) is 0 Å². The highest BCUT2D eigenvalue weighted by Gasteiger charge is 2.11. The number of hydrogen-bond acceptors (Lipinski definition) is 4. The lowest BCUT2D eigenvalue weighted by atomic mass is 10.6. The second-order valence-corrected chi connectivity index (χ2v) is 7.11. The molecule has 0 bridgehead atoms. The minimum absolute atomic E-state index is 0.461. The van der Waals surface area contributed by atoms with E-state index in [-0.39, 0.29) is 0 Å². The lowest BCUT2D eigenvalue weighted by Gasteiger charge is -2.41. The summed E-state index contributed by atoms with van der Waals surface area (Å²) in [6, 6.07) is 0. The topological polar surface area (TPSA) is 38.3 Å². The second kappa shape index (κ2) is 4.58. The Labute approximate surface area is 78.8 Å². The standard InChI is InChI=1S/C5H13N2OPS2/c1-6-5(10)4-7(2)9(3,8)11/h4H2,1-3H3,(H,6,10)(H,8,11)/p-1. The summed E-state index contributed by atoms with van der Waals surface area (Å²) >= 11 is 9.65. The van der Waals surface area contributed by atoms with E-state index in [0.29, 0.717) is 11.5 Å². The molecule has 0 heterocycles. The van der Waals surface area contributed by atoms with Gasteiger partial charge in [-0.3, -0.25) is 0 Å². The Morgan fingerprint density at radius 3 is 2.55 bits per heavy atom. The molecule has 0 rings (SSSR count). The number of rotatable bonds is 3. The Morgan fingerprint density at radius 2 is 2.27 bits per heavy atom. The van der Waals surface area contributed by atoms with Crippen molar-refractivity contribution in [3.8, 4) is 0 Å². The molecule has 0 saturated heterocycles. The van der Waals surface area contributed by atoms with Gasteiger partial charge in [0.05, 0.1) is 11.5 Å². The van der Waals surface area contributed by atoms with E-state index in [9.17, 15) is 4.89 Å². The zero-order valence-corrected chi connectivity index (χ0v) is 9.35. The zero-order valence-electron chi connectivity index (χ0n) is 6.83. The predicted octanol–water partition coefficient (Wildman–Crippen LogP) is -0.235. The molecule has 1 atom stereocenters. The number of nitrogens with one attached hydrogen (secondary N) is 1. The molecule has 0 fully saturated rings. The fraction of sp³-hybridized carbons (Fsp3) is 0.800. The van der Waals surface area contributed by atoms with Crippen molar-refractivity contribution in [1.82, 2.24) is 9.99 Å². The summed E-state index contributed by atoms with van der Waals surface area (Å²) in [6.45, 7) is -0.531. The molecule has 0 aliphatic carbocycles. The van der Waals surface area contributed by atoms with Gasteiger partial charge in [0.15, 0.2) is 0 Å². The first-order chi connectivity index (χ1) is 4.88. The summed E-state index contributed by atoms with van der Waals surface area (Å²) in [4.78, 5) is 11.9. The zero-order chi connectivity index (χ0) is 9.07. The van der Waals surface area contributed by atoms with Crippen LogP contribution in [0.2, 0.25) is 0 Å². The molecule has 0 aromatic carbocycles. The van der Waals surface area contributed by atoms with Crippen molar-refractivity contribution in [2.75, 3.05) is 27.3 Å². The molecule has 0 aromatic rings. The summed E-state index contributed by atoms with van der Waals surface area (Å²) in [5, 5.41) is 2.79. The van der Waals surface area contributed by atoms with E-state index in [1.54, 1.807) is 25.4 Å². The van der Waals surface area contributed by atoms with Crippen molar-refractivity contribution in [2.45, 2.75) is 0 Å². The van der Waals surface area contributed by atoms with E-state index in [0.717, 1.165) is 0 Å². The quantitative estimate of drug-likeness (QED) is 0.396. The third kappa shape index (κ3) is 4.93. The molecule has 1 unspecified atom stereocenters. The van der Waals surface area contributed by atoms with Crippen LogP contribution in [0, 0.1) is 0 Å². The van der Waals surface area contributed by atoms with Gasteiger partial charge in [0, 0.05) is 20.8 Å². The Hall–Kier alpha value is 0.590. The van der Waals surface area contributed by atoms with Crippen molar-refractivity contribution < 1.29 is 4.89 Å². The van der Waals surface area contributed by atoms with Crippen molar-refractivity contribution in [2.24, 2.45) is 0 Å². The van der Waals surface area contributed by atoms with Gasteiger partial charge in [-0.05, 0) is 0 Å². The number of nitrogens with zero attached hydrogens (tertiary/aromatic N) is 1. The van der Waals surface area contributed by atoms with Crippen LogP contribution in [0.1, 0.15) is 0 Å². The van der Waals surface area contributed by atoms with E-state index < -0.39 is 6.84 Å². The van der Waals surface area contributed by atoms with E-state index in [1.807, 2.05) is 0 Å². The first-order valence-electron chi connectivity index (χ1n) is 3.08. The minimum atomic E-state index is -2.53. The first kappa shape index (κ1) is 11.6. The van der Waals surface area contributed by atoms with Gasteiger partial charge in [0.1, 0.15) is 0 Å². The maximum Gasteiger partial charge on any atom is 0.0928 e. The van der Waals surface area contributed by atoms with Gasteiger partial charge in [-0.2, -0.15) is 0 Å². The Balaban J connectivity index is 3.87. The van der Waals surface area contributed by atoms with Crippen LogP contribution >= 0.6 is 19.1 Å². The third-order valence-electron chi connectivity index (χ3n) is 1.27. The van der Waals surface area contributed by atoms with E-state index in [1.165, 1.54) is 0 Å². The normalized spacial score (nSPS) is 16.2. The SMILES string of the molecule is CNC(=S)CN(C)[P+](C)([O-])[S-]. The van der Waals surface area contributed by atoms with Crippen LogP contribution in [0.4, 0.5) is 0 Å². The van der Waals surface area contributed by atoms with Crippen LogP contribution in [-0.4, -0.2) is 37.0 Å². The molecule has 1 N–H and O–H groups in total. The summed E-state index contributed by atoms with van der Waals surface area (Å²) in [5.74, 6) is 0. The number of thiocarbonyl (C=S) groups is 1. The van der Waals surface area contributed by atoms with Crippen molar-refractivity contribution in [3.63, 3.8) is 0 Å². The number of likely N-dealkylation sites (N-methyl/N-ethyl adjacent to an activating group) is 2. The molecule has 6 heteroatoms. The van der Waals surface area contributed by atoms with Gasteiger partial charge < -0.3 is 22.5 Å². The highest BCUT2D eigenvalue weighted by atomic mass is 32.7. The smallest absolute Gasteiger partial charge is 0.0928 e. The van der Waals surface area contributed by atoms with Gasteiger partial charge in [-0.25, -0.2) is 4.67 Å². The van der Waals surface area contributed by atoms with Crippen LogP contribution in [0.5, 0.6) is 0 Å². The third-order valence-corrected chi connectivity index (χ3v) is 3.82. The Morgan fingerprint density at radius 1 is 1.82 bits per heavy atom. The van der Waals surface area contributed by atoms with Crippen LogP contribution in [0.3, 0.4) is 0 Å². The lowest BCUT2D eigenvalue weighted by molar-refractivity contribution is -0.171. The molecule has 0 aliphatic rings. The highest BCUT2D eigenvalue weighted by molar-refractivity contribution is 8.37. The number of hydrogen-bond donors (Lipinski definition) is 1. The molecular weight excluding hydrogens is 199 g/mol. The van der Waals surface area contributed by atoms with Crippen LogP contribution in [0.25, 0.3) is 0 Å². The van der Waals surface area contributed by atoms with E-state index >= 15 is 0 Å². The first-order valence-corrected chi connectivity index (χ1v) is 6.61. The van der Waals surface area contributed by atoms with Gasteiger partial charge in [-0.1, -0.05) is 19.1 Å². The van der Waals surface area contributed by atoms with E-state index in [2.05, 4.69) is 5.32 Å². The van der Waals surface area contributed by atoms with Crippen LogP contribution < -0.4 is 10.2 Å². The van der Waals surface area contributed by atoms with Crippen molar-refractivity contribution in [3.05, 3.63) is 0 Å². The van der Waals surface area contributed by atoms with Gasteiger partial charge >= 0.3 is 0 Å². The predicted molar refractivity (Wildman–Crippen MR) is 54.5 cm³/mol. The minimum Gasteiger partial charge on any atom is -0.682 e. The molecule has 11 heavy (non-hydrogen) atoms. The van der Waals surface area contributed by atoms with Gasteiger partial charge in [-0.15, -0.1) is 0 Å².